The topological polar surface area (TPSA) is 52.3 Å². The van der Waals surface area contributed by atoms with Crippen LogP contribution in [0.3, 0.4) is 0 Å². The third kappa shape index (κ3) is 1.14. The number of rotatable bonds is 1. The van der Waals surface area contributed by atoms with E-state index < -0.39 is 0 Å². The molecule has 0 aromatic rings. The van der Waals surface area contributed by atoms with E-state index in [0.29, 0.717) is 6.54 Å². The van der Waals surface area contributed by atoms with Crippen LogP contribution in [-0.2, 0) is 9.53 Å². The van der Waals surface area contributed by atoms with E-state index in [0.717, 1.165) is 6.42 Å². The molecule has 0 aliphatic carbocycles. The van der Waals surface area contributed by atoms with Crippen molar-refractivity contribution < 1.29 is 9.53 Å². The van der Waals surface area contributed by atoms with E-state index in [1.54, 1.807) is 0 Å². The van der Waals surface area contributed by atoms with Gasteiger partial charge in [-0.1, -0.05) is 0 Å². The lowest BCUT2D eigenvalue weighted by atomic mass is 9.90. The average Bonchev–Trinajstić information content (AvgIpc) is 2.08. The van der Waals surface area contributed by atoms with E-state index in [-0.39, 0.29) is 17.5 Å². The zero-order valence-corrected chi connectivity index (χ0v) is 6.39. The highest BCUT2D eigenvalue weighted by Gasteiger charge is 2.40. The molecule has 0 spiro atoms. The summed E-state index contributed by atoms with van der Waals surface area (Å²) in [6, 6.07) is 0. The van der Waals surface area contributed by atoms with Crippen molar-refractivity contribution in [2.24, 2.45) is 11.1 Å². The summed E-state index contributed by atoms with van der Waals surface area (Å²) in [5.74, 6) is -0.122. The Bertz CT molecular complexity index is 154. The predicted molar refractivity (Wildman–Crippen MR) is 37.3 cm³/mol. The van der Waals surface area contributed by atoms with Crippen molar-refractivity contribution in [3.8, 4) is 0 Å². The molecule has 1 atom stereocenters. The minimum absolute atomic E-state index is 0.0532. The van der Waals surface area contributed by atoms with Gasteiger partial charge in [0.15, 0.2) is 0 Å². The van der Waals surface area contributed by atoms with Crippen LogP contribution in [0.1, 0.15) is 20.3 Å². The molecule has 1 unspecified atom stereocenters. The van der Waals surface area contributed by atoms with E-state index in [1.807, 2.05) is 13.8 Å². The second-order valence-corrected chi connectivity index (χ2v) is 3.35. The van der Waals surface area contributed by atoms with Crippen LogP contribution in [0.25, 0.3) is 0 Å². The van der Waals surface area contributed by atoms with Gasteiger partial charge in [-0.2, -0.15) is 0 Å². The monoisotopic (exact) mass is 143 g/mol. The molecule has 0 amide bonds. The van der Waals surface area contributed by atoms with Crippen molar-refractivity contribution >= 4 is 5.97 Å². The Hall–Kier alpha value is -0.570. The second-order valence-electron chi connectivity index (χ2n) is 3.35. The number of esters is 1. The molecule has 2 N–H and O–H groups in total. The molecule has 1 saturated heterocycles. The van der Waals surface area contributed by atoms with Crippen molar-refractivity contribution in [3.63, 3.8) is 0 Å². The molecule has 1 heterocycles. The summed E-state index contributed by atoms with van der Waals surface area (Å²) in [6.07, 6.45) is 0.699. The first kappa shape index (κ1) is 7.54. The first-order valence-electron chi connectivity index (χ1n) is 3.47. The summed E-state index contributed by atoms with van der Waals surface area (Å²) in [5.41, 5.74) is 5.02. The Balaban J connectivity index is 2.62. The van der Waals surface area contributed by atoms with Crippen LogP contribution in [0.2, 0.25) is 0 Å². The third-order valence-electron chi connectivity index (χ3n) is 1.83. The number of carbonyl (C=O) groups is 1. The van der Waals surface area contributed by atoms with Crippen molar-refractivity contribution in [2.75, 3.05) is 6.54 Å². The fourth-order valence-corrected chi connectivity index (χ4v) is 1.14. The molecule has 0 radical (unpaired) electrons. The van der Waals surface area contributed by atoms with Crippen LogP contribution in [0, 0.1) is 5.41 Å². The molecule has 0 saturated carbocycles. The highest BCUT2D eigenvalue weighted by molar-refractivity contribution is 5.78. The van der Waals surface area contributed by atoms with E-state index >= 15 is 0 Å². The van der Waals surface area contributed by atoms with Gasteiger partial charge >= 0.3 is 5.97 Å². The Morgan fingerprint density at radius 1 is 1.80 bits per heavy atom. The summed E-state index contributed by atoms with van der Waals surface area (Å²) < 4.78 is 4.96. The SMILES string of the molecule is CC1(C)CC(CN)OC1=O. The van der Waals surface area contributed by atoms with Crippen LogP contribution >= 0.6 is 0 Å². The maximum atomic E-state index is 11.0. The minimum Gasteiger partial charge on any atom is -0.461 e. The van der Waals surface area contributed by atoms with Crippen molar-refractivity contribution in [2.45, 2.75) is 26.4 Å². The van der Waals surface area contributed by atoms with Crippen molar-refractivity contribution in [1.82, 2.24) is 0 Å². The van der Waals surface area contributed by atoms with Gasteiger partial charge in [-0.25, -0.2) is 0 Å². The molecule has 1 rings (SSSR count). The van der Waals surface area contributed by atoms with E-state index in [4.69, 9.17) is 10.5 Å². The molecule has 3 heteroatoms. The van der Waals surface area contributed by atoms with E-state index in [9.17, 15) is 4.79 Å². The van der Waals surface area contributed by atoms with Gasteiger partial charge in [-0.05, 0) is 13.8 Å². The largest absolute Gasteiger partial charge is 0.461 e. The fourth-order valence-electron chi connectivity index (χ4n) is 1.14. The minimum atomic E-state index is -0.315. The van der Waals surface area contributed by atoms with Gasteiger partial charge in [0.25, 0.3) is 0 Å². The zero-order chi connectivity index (χ0) is 7.78. The molecule has 0 aromatic heterocycles. The van der Waals surface area contributed by atoms with E-state index in [2.05, 4.69) is 0 Å². The van der Waals surface area contributed by atoms with Gasteiger partial charge in [0.1, 0.15) is 6.10 Å². The molecule has 3 nitrogen and oxygen atoms in total. The molecule has 1 aliphatic heterocycles. The summed E-state index contributed by atoms with van der Waals surface area (Å²) in [7, 11) is 0. The average molecular weight is 143 g/mol. The number of hydrogen-bond acceptors (Lipinski definition) is 3. The van der Waals surface area contributed by atoms with Crippen LogP contribution in [0.4, 0.5) is 0 Å². The maximum absolute atomic E-state index is 11.0. The Morgan fingerprint density at radius 2 is 2.40 bits per heavy atom. The Kier molecular flexibility index (Phi) is 1.68. The van der Waals surface area contributed by atoms with Crippen LogP contribution in [0.5, 0.6) is 0 Å². The number of nitrogens with two attached hydrogens (primary N) is 1. The zero-order valence-electron chi connectivity index (χ0n) is 6.39. The number of carbonyl (C=O) groups excluding carboxylic acids is 1. The first-order valence-corrected chi connectivity index (χ1v) is 3.47. The summed E-state index contributed by atoms with van der Waals surface area (Å²) >= 11 is 0. The summed E-state index contributed by atoms with van der Waals surface area (Å²) in [6.45, 7) is 4.20. The quantitative estimate of drug-likeness (QED) is 0.537. The molecule has 10 heavy (non-hydrogen) atoms. The molecule has 1 fully saturated rings. The van der Waals surface area contributed by atoms with E-state index in [1.165, 1.54) is 0 Å². The smallest absolute Gasteiger partial charge is 0.311 e. The maximum Gasteiger partial charge on any atom is 0.311 e. The summed E-state index contributed by atoms with van der Waals surface area (Å²) in [4.78, 5) is 11.0. The normalized spacial score (nSPS) is 30.3. The lowest BCUT2D eigenvalue weighted by Gasteiger charge is -2.08. The molecule has 1 aliphatic rings. The van der Waals surface area contributed by atoms with Crippen LogP contribution < -0.4 is 5.73 Å². The summed E-state index contributed by atoms with van der Waals surface area (Å²) in [5, 5.41) is 0. The van der Waals surface area contributed by atoms with Gasteiger partial charge in [0, 0.05) is 13.0 Å². The lowest BCUT2D eigenvalue weighted by molar-refractivity contribution is -0.147. The highest BCUT2D eigenvalue weighted by atomic mass is 16.6. The Labute approximate surface area is 60.5 Å². The molecule has 0 aromatic carbocycles. The standard InChI is InChI=1S/C7H13NO2/c1-7(2)3-5(4-8)10-6(7)9/h5H,3-4,8H2,1-2H3. The van der Waals surface area contributed by atoms with Gasteiger partial charge in [0.2, 0.25) is 0 Å². The lowest BCUT2D eigenvalue weighted by Crippen LogP contribution is -2.19. The van der Waals surface area contributed by atoms with Gasteiger partial charge < -0.3 is 10.5 Å². The highest BCUT2D eigenvalue weighted by Crippen LogP contribution is 2.32. The first-order chi connectivity index (χ1) is 4.56. The van der Waals surface area contributed by atoms with Gasteiger partial charge in [-0.15, -0.1) is 0 Å². The number of hydrogen-bond donors (Lipinski definition) is 1. The van der Waals surface area contributed by atoms with Crippen LogP contribution in [-0.4, -0.2) is 18.6 Å². The number of cyclic esters (lactones) is 1. The van der Waals surface area contributed by atoms with Gasteiger partial charge in [0.05, 0.1) is 5.41 Å². The third-order valence-corrected chi connectivity index (χ3v) is 1.83. The predicted octanol–water partition coefficient (Wildman–Crippen LogP) is 0.287. The molecule has 58 valence electrons. The molecular formula is C7H13NO2. The fraction of sp³-hybridized carbons (Fsp3) is 0.857. The van der Waals surface area contributed by atoms with Crippen molar-refractivity contribution in [1.29, 1.82) is 0 Å². The molecular weight excluding hydrogens is 130 g/mol. The number of ether oxygens (including phenoxy) is 1. The second kappa shape index (κ2) is 2.23. The van der Waals surface area contributed by atoms with Crippen LogP contribution in [0.15, 0.2) is 0 Å². The van der Waals surface area contributed by atoms with Crippen molar-refractivity contribution in [3.05, 3.63) is 0 Å². The molecule has 0 bridgehead atoms. The van der Waals surface area contributed by atoms with Gasteiger partial charge in [-0.3, -0.25) is 4.79 Å². The Morgan fingerprint density at radius 3 is 2.60 bits per heavy atom.